The molecular formula is C31H40N2O6S. The number of amides is 1. The van der Waals surface area contributed by atoms with Crippen LogP contribution in [-0.4, -0.2) is 62.7 Å². The molecule has 2 atom stereocenters. The molecule has 3 aromatic carbocycles. The Balaban J connectivity index is 1.81. The highest BCUT2D eigenvalue weighted by molar-refractivity contribution is 7.89. The fourth-order valence-corrected chi connectivity index (χ4v) is 6.10. The van der Waals surface area contributed by atoms with Crippen molar-refractivity contribution < 1.29 is 27.8 Å². The minimum absolute atomic E-state index is 0.00754. The second-order valence-electron chi connectivity index (χ2n) is 10.3. The van der Waals surface area contributed by atoms with Gasteiger partial charge in [-0.05, 0) is 67.1 Å². The summed E-state index contributed by atoms with van der Waals surface area (Å²) in [6, 6.07) is 20.6. The number of carbonyl (C=O) groups excluding carboxylic acids is 1. The van der Waals surface area contributed by atoms with E-state index < -0.39 is 28.1 Å². The van der Waals surface area contributed by atoms with E-state index in [-0.39, 0.29) is 30.5 Å². The number of ether oxygens (including phenoxy) is 2. The van der Waals surface area contributed by atoms with Crippen LogP contribution in [0.25, 0.3) is 0 Å². The van der Waals surface area contributed by atoms with E-state index >= 15 is 0 Å². The third-order valence-corrected chi connectivity index (χ3v) is 8.37. The van der Waals surface area contributed by atoms with Gasteiger partial charge in [-0.3, -0.25) is 4.79 Å². The molecule has 1 unspecified atom stereocenters. The Bertz CT molecular complexity index is 1320. The number of carbonyl (C=O) groups is 1. The van der Waals surface area contributed by atoms with E-state index in [4.69, 9.17) is 9.47 Å². The first-order valence-corrected chi connectivity index (χ1v) is 14.8. The molecule has 8 nitrogen and oxygen atoms in total. The number of benzene rings is 3. The molecule has 0 bridgehead atoms. The van der Waals surface area contributed by atoms with Gasteiger partial charge in [0.05, 0.1) is 24.2 Å². The van der Waals surface area contributed by atoms with Gasteiger partial charge in [0, 0.05) is 13.1 Å². The van der Waals surface area contributed by atoms with Gasteiger partial charge in [0.15, 0.2) is 6.61 Å². The van der Waals surface area contributed by atoms with Crippen LogP contribution in [0.4, 0.5) is 0 Å². The third kappa shape index (κ3) is 8.55. The van der Waals surface area contributed by atoms with Crippen LogP contribution in [-0.2, 0) is 21.2 Å². The summed E-state index contributed by atoms with van der Waals surface area (Å²) in [5.74, 6) is 0.791. The summed E-state index contributed by atoms with van der Waals surface area (Å²) in [5, 5.41) is 14.3. The molecule has 0 saturated carbocycles. The molecule has 0 saturated heterocycles. The lowest BCUT2D eigenvalue weighted by Gasteiger charge is -2.31. The molecule has 0 aliphatic carbocycles. The van der Waals surface area contributed by atoms with Gasteiger partial charge < -0.3 is 19.9 Å². The summed E-state index contributed by atoms with van der Waals surface area (Å²) in [6.45, 7) is 7.43. The number of hydrogen-bond donors (Lipinski definition) is 2. The zero-order chi connectivity index (χ0) is 29.3. The van der Waals surface area contributed by atoms with E-state index in [9.17, 15) is 18.3 Å². The highest BCUT2D eigenvalue weighted by Crippen LogP contribution is 2.23. The van der Waals surface area contributed by atoms with Gasteiger partial charge in [-0.1, -0.05) is 62.4 Å². The molecule has 2 N–H and O–H groups in total. The fraction of sp³-hybridized carbons (Fsp3) is 0.387. The number of nitrogens with one attached hydrogen (secondary N) is 1. The standard InChI is InChI=1S/C31H40N2O6S/c1-22(2)19-33(40(36,37)27-16-14-26(38-5)15-17-27)20-29(34)28(18-25-12-7-6-8-13-25)32-30(35)21-39-31-23(3)10-9-11-24(31)4/h6-17,22,28-29,34H,18-21H2,1-5H3,(H,32,35)/t28-,29?/m0/s1. The largest absolute Gasteiger partial charge is 0.497 e. The topological polar surface area (TPSA) is 105 Å². The Hall–Kier alpha value is -3.40. The van der Waals surface area contributed by atoms with Crippen molar-refractivity contribution in [3.05, 3.63) is 89.5 Å². The lowest BCUT2D eigenvalue weighted by molar-refractivity contribution is -0.124. The molecule has 0 fully saturated rings. The Labute approximate surface area is 238 Å². The number of aryl methyl sites for hydroxylation is 2. The van der Waals surface area contributed by atoms with Gasteiger partial charge in [-0.25, -0.2) is 8.42 Å². The highest BCUT2D eigenvalue weighted by atomic mass is 32.2. The Kier molecular flexibility index (Phi) is 11.1. The van der Waals surface area contributed by atoms with Crippen LogP contribution in [0.1, 0.15) is 30.5 Å². The minimum atomic E-state index is -3.93. The van der Waals surface area contributed by atoms with Crippen LogP contribution in [0.2, 0.25) is 0 Å². The van der Waals surface area contributed by atoms with Crippen molar-refractivity contribution in [2.45, 2.75) is 51.2 Å². The van der Waals surface area contributed by atoms with Crippen molar-refractivity contribution in [3.63, 3.8) is 0 Å². The van der Waals surface area contributed by atoms with Crippen LogP contribution < -0.4 is 14.8 Å². The molecule has 3 aromatic rings. The van der Waals surface area contributed by atoms with Gasteiger partial charge in [-0.2, -0.15) is 4.31 Å². The second kappa shape index (κ2) is 14.3. The molecule has 0 radical (unpaired) electrons. The van der Waals surface area contributed by atoms with Gasteiger partial charge in [0.2, 0.25) is 10.0 Å². The predicted octanol–water partition coefficient (Wildman–Crippen LogP) is 4.13. The first kappa shape index (κ1) is 31.1. The van der Waals surface area contributed by atoms with Crippen molar-refractivity contribution >= 4 is 15.9 Å². The Morgan fingerprint density at radius 2 is 1.55 bits per heavy atom. The molecule has 0 heterocycles. The second-order valence-corrected chi connectivity index (χ2v) is 12.3. The highest BCUT2D eigenvalue weighted by Gasteiger charge is 2.31. The summed E-state index contributed by atoms with van der Waals surface area (Å²) in [7, 11) is -2.41. The van der Waals surface area contributed by atoms with E-state index in [0.29, 0.717) is 17.9 Å². The summed E-state index contributed by atoms with van der Waals surface area (Å²) in [6.07, 6.45) is -0.869. The maximum Gasteiger partial charge on any atom is 0.258 e. The smallest absolute Gasteiger partial charge is 0.258 e. The summed E-state index contributed by atoms with van der Waals surface area (Å²) in [4.78, 5) is 13.1. The van der Waals surface area contributed by atoms with Crippen LogP contribution in [0, 0.1) is 19.8 Å². The Morgan fingerprint density at radius 3 is 2.12 bits per heavy atom. The average Bonchev–Trinajstić information content (AvgIpc) is 2.92. The van der Waals surface area contributed by atoms with E-state index in [1.54, 1.807) is 12.1 Å². The molecule has 0 aliphatic rings. The first-order valence-electron chi connectivity index (χ1n) is 13.4. The molecule has 40 heavy (non-hydrogen) atoms. The van der Waals surface area contributed by atoms with Crippen molar-refractivity contribution in [2.75, 3.05) is 26.8 Å². The molecule has 216 valence electrons. The summed E-state index contributed by atoms with van der Waals surface area (Å²) >= 11 is 0. The SMILES string of the molecule is COc1ccc(S(=O)(=O)N(CC(C)C)CC(O)[C@H](Cc2ccccc2)NC(=O)COc2c(C)cccc2C)cc1. The van der Waals surface area contributed by atoms with Gasteiger partial charge >= 0.3 is 0 Å². The number of aliphatic hydroxyl groups is 1. The van der Waals surface area contributed by atoms with Gasteiger partial charge in [-0.15, -0.1) is 0 Å². The molecular weight excluding hydrogens is 528 g/mol. The lowest BCUT2D eigenvalue weighted by atomic mass is 10.0. The monoisotopic (exact) mass is 568 g/mol. The third-order valence-electron chi connectivity index (χ3n) is 6.52. The molecule has 1 amide bonds. The number of methoxy groups -OCH3 is 1. The van der Waals surface area contributed by atoms with E-state index in [1.165, 1.54) is 23.5 Å². The predicted molar refractivity (Wildman–Crippen MR) is 156 cm³/mol. The zero-order valence-electron chi connectivity index (χ0n) is 23.8. The van der Waals surface area contributed by atoms with Crippen LogP contribution in [0.5, 0.6) is 11.5 Å². The van der Waals surface area contributed by atoms with Crippen molar-refractivity contribution in [1.29, 1.82) is 0 Å². The van der Waals surface area contributed by atoms with Crippen LogP contribution in [0.3, 0.4) is 0 Å². The number of hydrogen-bond acceptors (Lipinski definition) is 6. The molecule has 9 heteroatoms. The van der Waals surface area contributed by atoms with Crippen molar-refractivity contribution in [1.82, 2.24) is 9.62 Å². The number of sulfonamides is 1. The van der Waals surface area contributed by atoms with E-state index in [0.717, 1.165) is 16.7 Å². The maximum atomic E-state index is 13.6. The molecule has 0 aliphatic heterocycles. The summed E-state index contributed by atoms with van der Waals surface area (Å²) in [5.41, 5.74) is 2.74. The van der Waals surface area contributed by atoms with Crippen molar-refractivity contribution in [2.24, 2.45) is 5.92 Å². The van der Waals surface area contributed by atoms with Gasteiger partial charge in [0.1, 0.15) is 11.5 Å². The number of rotatable bonds is 14. The van der Waals surface area contributed by atoms with E-state index in [1.807, 2.05) is 76.2 Å². The molecule has 0 aromatic heterocycles. The minimum Gasteiger partial charge on any atom is -0.497 e. The average molecular weight is 569 g/mol. The maximum absolute atomic E-state index is 13.6. The summed E-state index contributed by atoms with van der Waals surface area (Å²) < 4.78 is 39.4. The van der Waals surface area contributed by atoms with Crippen LogP contribution in [0.15, 0.2) is 77.7 Å². The lowest BCUT2D eigenvalue weighted by Crippen LogP contribution is -2.52. The van der Waals surface area contributed by atoms with Crippen molar-refractivity contribution in [3.8, 4) is 11.5 Å². The normalized spacial score (nSPS) is 13.2. The van der Waals surface area contributed by atoms with E-state index in [2.05, 4.69) is 5.32 Å². The first-order chi connectivity index (χ1) is 19.0. The quantitative estimate of drug-likeness (QED) is 0.303. The Morgan fingerprint density at radius 1 is 0.925 bits per heavy atom. The molecule has 3 rings (SSSR count). The zero-order valence-corrected chi connectivity index (χ0v) is 24.6. The van der Waals surface area contributed by atoms with Crippen LogP contribution >= 0.6 is 0 Å². The fourth-order valence-electron chi connectivity index (χ4n) is 4.47. The molecule has 0 spiro atoms. The number of nitrogens with zero attached hydrogens (tertiary/aromatic N) is 1. The number of para-hydroxylation sites is 1. The van der Waals surface area contributed by atoms with Gasteiger partial charge in [0.25, 0.3) is 5.91 Å². The number of aliphatic hydroxyl groups excluding tert-OH is 1.